The van der Waals surface area contributed by atoms with Crippen LogP contribution in [0, 0.1) is 17.2 Å². The maximum Gasteiger partial charge on any atom is 0.321 e. The topological polar surface area (TPSA) is 91.1 Å². The van der Waals surface area contributed by atoms with Crippen molar-refractivity contribution < 1.29 is 9.53 Å². The van der Waals surface area contributed by atoms with Crippen LogP contribution in [0.1, 0.15) is 48.9 Å². The van der Waals surface area contributed by atoms with Gasteiger partial charge < -0.3 is 15.0 Å². The number of amides is 2. The SMILES string of the molecule is CC1CN(C(=O)Nc2ccc(C#N)nc2)CC/C1=C\c1cccc(Oc2ccc(C3CC3)cn2)c1. The number of benzene rings is 1. The van der Waals surface area contributed by atoms with Crippen LogP contribution in [0.4, 0.5) is 10.5 Å². The minimum absolute atomic E-state index is 0.155. The van der Waals surface area contributed by atoms with Gasteiger partial charge >= 0.3 is 6.03 Å². The lowest BCUT2D eigenvalue weighted by molar-refractivity contribution is 0.198. The number of piperidine rings is 1. The third-order valence-corrected chi connectivity index (χ3v) is 6.45. The van der Waals surface area contributed by atoms with Gasteiger partial charge in [0.1, 0.15) is 17.5 Å². The highest BCUT2D eigenvalue weighted by Gasteiger charge is 2.25. The Morgan fingerprint density at radius 2 is 2.06 bits per heavy atom. The maximum absolute atomic E-state index is 12.7. The number of ether oxygens (including phenoxy) is 1. The second-order valence-corrected chi connectivity index (χ2v) is 9.17. The van der Waals surface area contributed by atoms with Crippen molar-refractivity contribution in [2.45, 2.75) is 32.1 Å². The lowest BCUT2D eigenvalue weighted by atomic mass is 9.91. The second-order valence-electron chi connectivity index (χ2n) is 9.17. The van der Waals surface area contributed by atoms with Gasteiger partial charge in [0.05, 0.1) is 11.9 Å². The summed E-state index contributed by atoms with van der Waals surface area (Å²) in [4.78, 5) is 23.0. The number of aromatic nitrogens is 2. The van der Waals surface area contributed by atoms with Gasteiger partial charge in [-0.15, -0.1) is 0 Å². The van der Waals surface area contributed by atoms with E-state index in [9.17, 15) is 4.79 Å². The van der Waals surface area contributed by atoms with Gasteiger partial charge in [0.2, 0.25) is 5.88 Å². The van der Waals surface area contributed by atoms with E-state index in [2.05, 4.69) is 40.4 Å². The Kier molecular flexibility index (Phi) is 6.44. The maximum atomic E-state index is 12.7. The highest BCUT2D eigenvalue weighted by molar-refractivity contribution is 5.89. The van der Waals surface area contributed by atoms with Gasteiger partial charge in [0.15, 0.2) is 0 Å². The second kappa shape index (κ2) is 9.98. The van der Waals surface area contributed by atoms with Gasteiger partial charge in [0.25, 0.3) is 0 Å². The molecule has 1 saturated carbocycles. The number of urea groups is 1. The summed E-state index contributed by atoms with van der Waals surface area (Å²) in [5.74, 6) is 2.27. The molecule has 3 aromatic rings. The van der Waals surface area contributed by atoms with Crippen molar-refractivity contribution in [1.29, 1.82) is 5.26 Å². The first kappa shape index (κ1) is 22.6. The van der Waals surface area contributed by atoms with Crippen LogP contribution < -0.4 is 10.1 Å². The summed E-state index contributed by atoms with van der Waals surface area (Å²) in [6.45, 7) is 3.41. The van der Waals surface area contributed by atoms with Crippen LogP contribution in [0.3, 0.4) is 0 Å². The van der Waals surface area contributed by atoms with Crippen molar-refractivity contribution in [3.63, 3.8) is 0 Å². The van der Waals surface area contributed by atoms with E-state index in [0.29, 0.717) is 36.3 Å². The molecule has 1 unspecified atom stereocenters. The summed E-state index contributed by atoms with van der Waals surface area (Å²) < 4.78 is 5.99. The van der Waals surface area contributed by atoms with Crippen LogP contribution in [0.2, 0.25) is 0 Å². The van der Waals surface area contributed by atoms with Crippen molar-refractivity contribution in [3.8, 4) is 17.7 Å². The highest BCUT2D eigenvalue weighted by atomic mass is 16.5. The van der Waals surface area contributed by atoms with Crippen LogP contribution >= 0.6 is 0 Å². The normalized spacial score (nSPS) is 18.7. The molecule has 1 aliphatic heterocycles. The summed E-state index contributed by atoms with van der Waals surface area (Å²) in [6, 6.07) is 17.1. The quantitative estimate of drug-likeness (QED) is 0.501. The Morgan fingerprint density at radius 1 is 1.17 bits per heavy atom. The monoisotopic (exact) mass is 465 g/mol. The van der Waals surface area contributed by atoms with E-state index in [-0.39, 0.29) is 11.9 Å². The molecule has 0 bridgehead atoms. The van der Waals surface area contributed by atoms with E-state index >= 15 is 0 Å². The van der Waals surface area contributed by atoms with Crippen LogP contribution in [-0.2, 0) is 0 Å². The molecular formula is C28H27N5O2. The van der Waals surface area contributed by atoms with Crippen LogP contribution in [0.5, 0.6) is 11.6 Å². The number of nitriles is 1. The summed E-state index contributed by atoms with van der Waals surface area (Å²) in [5.41, 5.74) is 4.56. The number of anilines is 1. The Morgan fingerprint density at radius 3 is 2.74 bits per heavy atom. The van der Waals surface area contributed by atoms with Gasteiger partial charge in [-0.2, -0.15) is 5.26 Å². The Hall–Kier alpha value is -4.18. The standard InChI is InChI=1S/C28H27N5O2/c1-19-18-33(28(34)32-25-9-8-24(15-29)30-17-25)12-11-22(19)13-20-3-2-4-26(14-20)35-27-10-7-23(16-31-27)21-5-6-21/h2-4,7-10,13-14,16-17,19,21H,5-6,11-12,18H2,1H3,(H,32,34)/b22-13+. The molecule has 35 heavy (non-hydrogen) atoms. The molecule has 5 rings (SSSR count). The Balaban J connectivity index is 1.19. The zero-order valence-corrected chi connectivity index (χ0v) is 19.6. The van der Waals surface area contributed by atoms with Gasteiger partial charge in [0, 0.05) is 25.4 Å². The number of hydrogen-bond acceptors (Lipinski definition) is 5. The highest BCUT2D eigenvalue weighted by Crippen LogP contribution is 2.40. The largest absolute Gasteiger partial charge is 0.439 e. The van der Waals surface area contributed by atoms with E-state index in [1.54, 1.807) is 12.1 Å². The molecule has 2 fully saturated rings. The zero-order valence-electron chi connectivity index (χ0n) is 19.6. The van der Waals surface area contributed by atoms with Gasteiger partial charge in [-0.3, -0.25) is 0 Å². The molecule has 7 heteroatoms. The molecular weight excluding hydrogens is 438 g/mol. The minimum Gasteiger partial charge on any atom is -0.439 e. The molecule has 2 amide bonds. The number of rotatable bonds is 5. The Bertz CT molecular complexity index is 1270. The zero-order chi connectivity index (χ0) is 24.2. The number of pyridine rings is 2. The van der Waals surface area contributed by atoms with E-state index < -0.39 is 0 Å². The first-order valence-electron chi connectivity index (χ1n) is 11.9. The minimum atomic E-state index is -0.155. The summed E-state index contributed by atoms with van der Waals surface area (Å²) in [6.07, 6.45) is 8.93. The molecule has 1 aliphatic carbocycles. The third-order valence-electron chi connectivity index (χ3n) is 6.45. The molecule has 1 saturated heterocycles. The molecule has 0 radical (unpaired) electrons. The van der Waals surface area contributed by atoms with E-state index in [0.717, 1.165) is 17.7 Å². The van der Waals surface area contributed by atoms with Crippen molar-refractivity contribution in [1.82, 2.24) is 14.9 Å². The fourth-order valence-electron chi connectivity index (χ4n) is 4.30. The Labute approximate surface area is 205 Å². The van der Waals surface area contributed by atoms with Crippen molar-refractivity contribution in [3.05, 3.63) is 83.3 Å². The van der Waals surface area contributed by atoms with Crippen LogP contribution in [0.25, 0.3) is 6.08 Å². The predicted octanol–water partition coefficient (Wildman–Crippen LogP) is 5.98. The van der Waals surface area contributed by atoms with E-state index in [1.165, 1.54) is 30.2 Å². The number of carbonyl (C=O) groups excluding carboxylic acids is 1. The van der Waals surface area contributed by atoms with Crippen LogP contribution in [0.15, 0.2) is 66.5 Å². The number of nitrogens with zero attached hydrogens (tertiary/aromatic N) is 4. The lowest BCUT2D eigenvalue weighted by Crippen LogP contribution is -2.42. The molecule has 7 nitrogen and oxygen atoms in total. The van der Waals surface area contributed by atoms with Gasteiger partial charge in [-0.05, 0) is 66.5 Å². The molecule has 1 aromatic carbocycles. The molecule has 1 N–H and O–H groups in total. The first-order chi connectivity index (χ1) is 17.1. The summed E-state index contributed by atoms with van der Waals surface area (Å²) in [7, 11) is 0. The van der Waals surface area contributed by atoms with E-state index in [4.69, 9.17) is 10.00 Å². The predicted molar refractivity (Wildman–Crippen MR) is 134 cm³/mol. The van der Waals surface area contributed by atoms with Gasteiger partial charge in [-0.1, -0.05) is 36.8 Å². The smallest absolute Gasteiger partial charge is 0.321 e. The molecule has 0 spiro atoms. The van der Waals surface area contributed by atoms with Crippen molar-refractivity contribution >= 4 is 17.8 Å². The van der Waals surface area contributed by atoms with Crippen molar-refractivity contribution in [2.24, 2.45) is 5.92 Å². The van der Waals surface area contributed by atoms with Gasteiger partial charge in [-0.25, -0.2) is 14.8 Å². The molecule has 3 heterocycles. The fourth-order valence-corrected chi connectivity index (χ4v) is 4.30. The number of carbonyl (C=O) groups is 1. The van der Waals surface area contributed by atoms with E-state index in [1.807, 2.05) is 41.4 Å². The van der Waals surface area contributed by atoms with Crippen molar-refractivity contribution in [2.75, 3.05) is 18.4 Å². The summed E-state index contributed by atoms with van der Waals surface area (Å²) in [5, 5.41) is 11.7. The first-order valence-corrected chi connectivity index (χ1v) is 11.9. The molecule has 1 atom stereocenters. The molecule has 2 aromatic heterocycles. The average molecular weight is 466 g/mol. The average Bonchev–Trinajstić information content (AvgIpc) is 3.72. The number of hydrogen-bond donors (Lipinski definition) is 1. The third kappa shape index (κ3) is 5.67. The van der Waals surface area contributed by atoms with Crippen LogP contribution in [-0.4, -0.2) is 34.0 Å². The number of likely N-dealkylation sites (tertiary alicyclic amines) is 1. The summed E-state index contributed by atoms with van der Waals surface area (Å²) >= 11 is 0. The lowest BCUT2D eigenvalue weighted by Gasteiger charge is -2.33. The number of nitrogens with one attached hydrogen (secondary N) is 1. The molecule has 2 aliphatic rings. The molecule has 176 valence electrons. The fraction of sp³-hybridized carbons (Fsp3) is 0.286.